The number of ether oxygens (including phenoxy) is 2. The van der Waals surface area contributed by atoms with Gasteiger partial charge in [0.15, 0.2) is 34.6 Å². The highest BCUT2D eigenvalue weighted by Gasteiger charge is 2.68. The predicted molar refractivity (Wildman–Crippen MR) is 489 cm³/mol. The molecule has 125 heavy (non-hydrogen) atoms. The molecule has 16 aliphatic rings. The molecule has 18 nitrogen and oxygen atoms in total. The highest BCUT2D eigenvalue weighted by molar-refractivity contribution is 5.84. The fourth-order valence-electron chi connectivity index (χ4n) is 35.5. The van der Waals surface area contributed by atoms with Crippen molar-refractivity contribution in [2.75, 3.05) is 6.61 Å². The molecule has 4 aromatic heterocycles. The van der Waals surface area contributed by atoms with Crippen LogP contribution in [0.25, 0.3) is 0 Å². The van der Waals surface area contributed by atoms with Gasteiger partial charge in [-0.1, -0.05) is 55.4 Å². The Morgan fingerprint density at radius 1 is 0.328 bits per heavy atom. The lowest BCUT2D eigenvalue weighted by molar-refractivity contribution is -0.151. The van der Waals surface area contributed by atoms with Crippen LogP contribution in [0, 0.1) is 176 Å². The van der Waals surface area contributed by atoms with Gasteiger partial charge < -0.3 is 29.9 Å². The van der Waals surface area contributed by atoms with E-state index in [-0.39, 0.29) is 51.4 Å². The third-order valence-corrected chi connectivity index (χ3v) is 42.1. The number of ketones is 4. The number of aryl methyl sites for hydroxylation is 2. The van der Waals surface area contributed by atoms with Crippen LogP contribution in [0.3, 0.4) is 0 Å². The molecule has 0 aliphatic heterocycles. The fraction of sp³-hybridized carbons (Fsp3) is 0.850. The van der Waals surface area contributed by atoms with Crippen molar-refractivity contribution in [2.24, 2.45) is 162 Å². The predicted octanol–water partition coefficient (Wildman–Crippen LogP) is 21.3. The Kier molecular flexibility index (Phi) is 24.9. The van der Waals surface area contributed by atoms with Gasteiger partial charge in [0, 0.05) is 36.1 Å². The zero-order chi connectivity index (χ0) is 88.9. The van der Waals surface area contributed by atoms with Gasteiger partial charge in [-0.05, 0) is 443 Å². The largest absolute Gasteiger partial charge is 0.491 e. The first-order valence-corrected chi connectivity index (χ1v) is 51.3. The van der Waals surface area contributed by atoms with Crippen molar-refractivity contribution in [1.82, 2.24) is 39.1 Å². The molecule has 4 N–H and O–H groups in total. The molecule has 16 saturated carbocycles. The van der Waals surface area contributed by atoms with Crippen molar-refractivity contribution in [3.63, 3.8) is 0 Å². The molecule has 0 spiro atoms. The number of hydrogen-bond acceptors (Lipinski definition) is 14. The Morgan fingerprint density at radius 3 is 0.832 bits per heavy atom. The molecule has 4 aromatic rings. The van der Waals surface area contributed by atoms with E-state index in [9.17, 15) is 39.6 Å². The van der Waals surface area contributed by atoms with Crippen LogP contribution < -0.4 is 9.47 Å². The summed E-state index contributed by atoms with van der Waals surface area (Å²) < 4.78 is 18.4. The summed E-state index contributed by atoms with van der Waals surface area (Å²) in [6.07, 6.45) is 56.5. The summed E-state index contributed by atoms with van der Waals surface area (Å²) in [6, 6.07) is 0. The Labute approximate surface area is 751 Å². The van der Waals surface area contributed by atoms with E-state index in [1.165, 1.54) is 148 Å². The van der Waals surface area contributed by atoms with E-state index in [2.05, 4.69) is 75.8 Å². The molecular formula is C107H166N8O10. The van der Waals surface area contributed by atoms with Gasteiger partial charge in [-0.2, -0.15) is 20.4 Å². The molecule has 0 aromatic carbocycles. The van der Waals surface area contributed by atoms with E-state index in [4.69, 9.17) is 9.47 Å². The number of aromatic nitrogens is 8. The molecular weight excluding hydrogens is 1560 g/mol. The van der Waals surface area contributed by atoms with E-state index < -0.39 is 22.4 Å². The molecule has 16 aliphatic carbocycles. The quantitative estimate of drug-likeness (QED) is 0.0816. The van der Waals surface area contributed by atoms with Gasteiger partial charge in [0.2, 0.25) is 0 Å². The number of nitrogens with zero attached hydrogens (tertiary/aromatic N) is 8. The van der Waals surface area contributed by atoms with E-state index >= 15 is 0 Å². The maximum Gasteiger partial charge on any atom is 0.157 e. The highest BCUT2D eigenvalue weighted by atomic mass is 16.5. The minimum absolute atomic E-state index is 0.107. The molecule has 18 heteroatoms. The van der Waals surface area contributed by atoms with Crippen LogP contribution in [0.1, 0.15) is 346 Å². The number of carbonyl (C=O) groups excluding carboxylic acids is 4. The number of Topliss-reactive ketones (excluding diaryl/α,β-unsaturated/α-hetero) is 4. The maximum absolute atomic E-state index is 13.5. The number of aliphatic hydroxyl groups is 4. The van der Waals surface area contributed by atoms with Crippen LogP contribution >= 0.6 is 0 Å². The van der Waals surface area contributed by atoms with Gasteiger partial charge in [0.25, 0.3) is 0 Å². The SMILES string of the molecule is CC(C)Oc1cnn(CC(=O)[C@H]2CC[C@H]3[C@@H]4CC[C@H]5C[C@](C)(O)CC[C@]5(C)[C@H]4CC[C@]23C)c1.CCOc1cnn(CC(=O)[C@H]2CC[C@H]3[C@@H]4CC[C@H]5C[C@](C)(O)CC[C@]5(C)[C@H]4CC[C@]23C)c1.Cc1cnn(CC(=O)[C@H]2CC[C@H]3[C@@H]4CC[C@H]5C[C@](C)(O)CC[C@]5(C)[C@H]4CC[C@]23C)c1.Cc1cnn(CC(=O)[C@H]2CC[C@H]3[C@@H]4CC[C@H]5C[C@](C)(O)CC[C@]5(C)[C@H]4CC[C@]23C)c1. The Balaban J connectivity index is 0.000000118. The van der Waals surface area contributed by atoms with Crippen LogP contribution in [0.5, 0.6) is 11.5 Å². The zero-order valence-corrected chi connectivity index (χ0v) is 80.6. The van der Waals surface area contributed by atoms with Gasteiger partial charge in [-0.25, -0.2) is 0 Å². The second-order valence-corrected chi connectivity index (χ2v) is 49.8. The topological polar surface area (TPSA) is 239 Å². The average Bonchev–Trinajstić information content (AvgIpc) is 1.62. The summed E-state index contributed by atoms with van der Waals surface area (Å²) in [5, 5.41) is 60.3. The zero-order valence-electron chi connectivity index (χ0n) is 80.6. The van der Waals surface area contributed by atoms with Crippen molar-refractivity contribution in [2.45, 2.75) is 404 Å². The summed E-state index contributed by atoms with van der Waals surface area (Å²) in [7, 11) is 0. The molecule has 0 unspecified atom stereocenters. The lowest BCUT2D eigenvalue weighted by Crippen LogP contribution is -2.55. The van der Waals surface area contributed by atoms with Crippen molar-refractivity contribution in [3.8, 4) is 11.5 Å². The minimum atomic E-state index is -0.475. The first-order valence-electron chi connectivity index (χ1n) is 51.3. The summed E-state index contributed by atoms with van der Waals surface area (Å²) in [4.78, 5) is 53.6. The molecule has 4 heterocycles. The molecule has 0 bridgehead atoms. The summed E-state index contributed by atoms with van der Waals surface area (Å²) in [5.74, 6) is 15.3. The van der Waals surface area contributed by atoms with Gasteiger partial charge >= 0.3 is 0 Å². The van der Waals surface area contributed by atoms with E-state index in [1.54, 1.807) is 21.8 Å². The lowest BCUT2D eigenvalue weighted by Gasteiger charge is -2.61. The fourth-order valence-corrected chi connectivity index (χ4v) is 35.5. The van der Waals surface area contributed by atoms with Crippen LogP contribution in [-0.4, -0.2) is 118 Å². The van der Waals surface area contributed by atoms with Gasteiger partial charge in [-0.3, -0.25) is 37.9 Å². The number of carbonyl (C=O) groups is 4. The maximum atomic E-state index is 13.5. The van der Waals surface area contributed by atoms with Crippen molar-refractivity contribution in [3.05, 3.63) is 60.7 Å². The summed E-state index contributed by atoms with van der Waals surface area (Å²) >= 11 is 0. The number of hydrogen-bond donors (Lipinski definition) is 4. The average molecular weight is 1720 g/mol. The molecule has 0 amide bonds. The Morgan fingerprint density at radius 2 is 0.576 bits per heavy atom. The van der Waals surface area contributed by atoms with Crippen LogP contribution in [0.2, 0.25) is 0 Å². The standard InChI is InChI=1S/C28H44N2O3.C27H42N2O3.2C26H40N2O2/c1-18(2)33-20-15-29-30(16-20)17-25(31)24-9-8-22-21-7-6-19-14-26(3,32)12-13-27(19,4)23(21)10-11-28(22,24)5;1-5-32-19-15-28-29(16-19)17-24(30)23-9-8-21-20-7-6-18-14-25(2,31)12-13-26(18,3)22(20)10-11-27(21,23)4;2*1-17-14-27-28(15-17)16-23(29)22-8-7-20-19-6-5-18-13-24(2,30)11-12-25(18,3)21(19)9-10-26(20,22)4/h15-16,18-19,21-24,32H,6-14,17H2,1-5H3;15-16,18,20-23,31H,5-14,17H2,1-4H3;2*14-15,18-22,30H,5-13,16H2,1-4H3/t19-,21-,22-,23-,24+,26+,27-,28-;18-,20-,21-,22-,23+,25+,26-,27-;2*18-,19-,20-,21-,22+,24+,25-,26-/m0000/s1. The third-order valence-electron chi connectivity index (χ3n) is 42.1. The summed E-state index contributed by atoms with van der Waals surface area (Å²) in [5.41, 5.74) is 2.50. The van der Waals surface area contributed by atoms with Crippen LogP contribution in [0.4, 0.5) is 0 Å². The monoisotopic (exact) mass is 1720 g/mol. The van der Waals surface area contributed by atoms with Crippen molar-refractivity contribution < 1.29 is 49.1 Å². The second-order valence-electron chi connectivity index (χ2n) is 49.8. The van der Waals surface area contributed by atoms with Crippen molar-refractivity contribution >= 4 is 23.1 Å². The van der Waals surface area contributed by atoms with Crippen molar-refractivity contribution in [1.29, 1.82) is 0 Å². The van der Waals surface area contributed by atoms with Gasteiger partial charge in [0.05, 0.1) is 98.5 Å². The summed E-state index contributed by atoms with van der Waals surface area (Å²) in [6.45, 7) is 40.3. The second kappa shape index (κ2) is 33.9. The smallest absolute Gasteiger partial charge is 0.157 e. The highest BCUT2D eigenvalue weighted by Crippen LogP contribution is 2.74. The van der Waals surface area contributed by atoms with E-state index in [0.29, 0.717) is 125 Å². The van der Waals surface area contributed by atoms with Crippen LogP contribution in [-0.2, 0) is 45.4 Å². The third kappa shape index (κ3) is 16.9. The first-order chi connectivity index (χ1) is 58.9. The Bertz CT molecular complexity index is 4390. The normalized spacial score (nSPS) is 46.5. The lowest BCUT2D eigenvalue weighted by atomic mass is 9.44. The van der Waals surface area contributed by atoms with Gasteiger partial charge in [-0.15, -0.1) is 0 Å². The van der Waals surface area contributed by atoms with Gasteiger partial charge in [0.1, 0.15) is 0 Å². The van der Waals surface area contributed by atoms with E-state index in [0.717, 1.165) is 153 Å². The minimum Gasteiger partial charge on any atom is -0.491 e. The first kappa shape index (κ1) is 91.8. The molecule has 16 fully saturated rings. The van der Waals surface area contributed by atoms with Crippen LogP contribution in [0.15, 0.2) is 49.6 Å². The molecule has 20 rings (SSSR count). The molecule has 0 radical (unpaired) electrons. The number of rotatable bonds is 16. The Hall–Kier alpha value is -5.04. The van der Waals surface area contributed by atoms with E-state index in [1.807, 2.05) is 109 Å². The molecule has 0 saturated heterocycles. The molecule has 694 valence electrons. The number of fused-ring (bicyclic) bond motifs is 20. The molecule has 32 atom stereocenters.